The van der Waals surface area contributed by atoms with Crippen LogP contribution in [0.1, 0.15) is 44.0 Å². The quantitative estimate of drug-likeness (QED) is 0.654. The van der Waals surface area contributed by atoms with E-state index in [1.54, 1.807) is 46.5 Å². The van der Waals surface area contributed by atoms with Gasteiger partial charge in [0.05, 0.1) is 22.8 Å². The number of rotatable bonds is 4. The summed E-state index contributed by atoms with van der Waals surface area (Å²) >= 11 is 1.63. The van der Waals surface area contributed by atoms with Crippen molar-refractivity contribution >= 4 is 33.4 Å². The van der Waals surface area contributed by atoms with E-state index in [0.717, 1.165) is 29.5 Å². The Morgan fingerprint density at radius 3 is 2.48 bits per heavy atom. The molecule has 1 aromatic carbocycles. The SMILES string of the molecule is O=C1c2ccccc2C(=O)N1CCCn1cnc2sc3c(c2c1=O)CCC3. The molecule has 7 heteroatoms. The van der Waals surface area contributed by atoms with Gasteiger partial charge in [0.15, 0.2) is 0 Å². The first kappa shape index (κ1) is 16.4. The number of fused-ring (bicyclic) bond motifs is 4. The van der Waals surface area contributed by atoms with Gasteiger partial charge in [0.2, 0.25) is 0 Å². The van der Waals surface area contributed by atoms with Crippen molar-refractivity contribution in [1.29, 1.82) is 0 Å². The second-order valence-electron chi connectivity index (χ2n) is 6.94. The average Bonchev–Trinajstić information content (AvgIpc) is 3.32. The van der Waals surface area contributed by atoms with E-state index >= 15 is 0 Å². The monoisotopic (exact) mass is 379 g/mol. The molecule has 0 radical (unpaired) electrons. The Hall–Kier alpha value is -2.80. The van der Waals surface area contributed by atoms with Crippen LogP contribution >= 0.6 is 11.3 Å². The van der Waals surface area contributed by atoms with Crippen molar-refractivity contribution in [2.75, 3.05) is 6.54 Å². The van der Waals surface area contributed by atoms with Gasteiger partial charge >= 0.3 is 0 Å². The summed E-state index contributed by atoms with van der Waals surface area (Å²) in [6.07, 6.45) is 5.19. The lowest BCUT2D eigenvalue weighted by Crippen LogP contribution is -2.32. The van der Waals surface area contributed by atoms with Gasteiger partial charge in [0.25, 0.3) is 17.4 Å². The molecule has 0 unspecified atom stereocenters. The fourth-order valence-electron chi connectivity index (χ4n) is 4.02. The maximum absolute atomic E-state index is 12.9. The molecule has 0 bridgehead atoms. The Balaban J connectivity index is 1.34. The molecule has 0 saturated carbocycles. The molecule has 0 fully saturated rings. The number of carbonyl (C=O) groups excluding carboxylic acids is 2. The van der Waals surface area contributed by atoms with Crippen LogP contribution in [0.4, 0.5) is 0 Å². The van der Waals surface area contributed by atoms with Crippen LogP contribution in [-0.2, 0) is 19.4 Å². The molecule has 0 saturated heterocycles. The summed E-state index contributed by atoms with van der Waals surface area (Å²) in [5.41, 5.74) is 2.07. The molecule has 0 atom stereocenters. The molecule has 5 rings (SSSR count). The molecule has 0 spiro atoms. The average molecular weight is 379 g/mol. The van der Waals surface area contributed by atoms with E-state index in [9.17, 15) is 14.4 Å². The maximum atomic E-state index is 12.9. The molecule has 0 N–H and O–H groups in total. The van der Waals surface area contributed by atoms with E-state index < -0.39 is 0 Å². The molecule has 1 aliphatic carbocycles. The van der Waals surface area contributed by atoms with Gasteiger partial charge in [-0.1, -0.05) is 12.1 Å². The van der Waals surface area contributed by atoms with Crippen molar-refractivity contribution in [3.8, 4) is 0 Å². The Bertz CT molecular complexity index is 1130. The third kappa shape index (κ3) is 2.45. The number of benzene rings is 1. The van der Waals surface area contributed by atoms with Crippen LogP contribution in [0.5, 0.6) is 0 Å². The van der Waals surface area contributed by atoms with Crippen molar-refractivity contribution in [1.82, 2.24) is 14.5 Å². The van der Waals surface area contributed by atoms with Gasteiger partial charge in [-0.05, 0) is 43.4 Å². The number of nitrogens with zero attached hydrogens (tertiary/aromatic N) is 3. The lowest BCUT2D eigenvalue weighted by atomic mass is 10.1. The van der Waals surface area contributed by atoms with Crippen LogP contribution in [0.15, 0.2) is 35.4 Å². The van der Waals surface area contributed by atoms with Gasteiger partial charge in [0.1, 0.15) is 4.83 Å². The Morgan fingerprint density at radius 1 is 1.00 bits per heavy atom. The molecule has 2 aliphatic rings. The Labute approximate surface area is 159 Å². The number of thiophene rings is 1. The second kappa shape index (κ2) is 6.13. The Morgan fingerprint density at radius 2 is 1.74 bits per heavy atom. The molecule has 6 nitrogen and oxygen atoms in total. The number of hydrogen-bond acceptors (Lipinski definition) is 5. The molecule has 3 heterocycles. The second-order valence-corrected chi connectivity index (χ2v) is 8.03. The van der Waals surface area contributed by atoms with E-state index in [2.05, 4.69) is 4.98 Å². The van der Waals surface area contributed by atoms with Crippen molar-refractivity contribution in [3.05, 3.63) is 62.5 Å². The summed E-state index contributed by atoms with van der Waals surface area (Å²) in [7, 11) is 0. The van der Waals surface area contributed by atoms with Gasteiger partial charge in [0, 0.05) is 18.0 Å². The fourth-order valence-corrected chi connectivity index (χ4v) is 5.24. The predicted octanol–water partition coefficient (Wildman–Crippen LogP) is 2.63. The van der Waals surface area contributed by atoms with E-state index in [4.69, 9.17) is 0 Å². The molecule has 1 aliphatic heterocycles. The molecular formula is C20H17N3O3S. The zero-order valence-electron chi connectivity index (χ0n) is 14.6. The van der Waals surface area contributed by atoms with Crippen LogP contribution < -0.4 is 5.56 Å². The third-order valence-electron chi connectivity index (χ3n) is 5.35. The van der Waals surface area contributed by atoms with Crippen LogP contribution in [0, 0.1) is 0 Å². The first-order valence-electron chi connectivity index (χ1n) is 9.10. The maximum Gasteiger partial charge on any atom is 0.262 e. The number of aryl methyl sites for hydroxylation is 3. The summed E-state index contributed by atoms with van der Waals surface area (Å²) in [5, 5.41) is 0.760. The summed E-state index contributed by atoms with van der Waals surface area (Å²) in [4.78, 5) is 45.5. The number of amides is 2. The first-order chi connectivity index (χ1) is 13.1. The first-order valence-corrected chi connectivity index (χ1v) is 9.91. The van der Waals surface area contributed by atoms with Crippen LogP contribution in [-0.4, -0.2) is 32.8 Å². The molecule has 2 aromatic heterocycles. The van der Waals surface area contributed by atoms with Crippen molar-refractivity contribution in [2.45, 2.75) is 32.2 Å². The van der Waals surface area contributed by atoms with E-state index in [-0.39, 0.29) is 17.4 Å². The third-order valence-corrected chi connectivity index (χ3v) is 6.55. The lowest BCUT2D eigenvalue weighted by Gasteiger charge is -2.14. The van der Waals surface area contributed by atoms with Crippen molar-refractivity contribution < 1.29 is 9.59 Å². The molecule has 3 aromatic rings. The van der Waals surface area contributed by atoms with Gasteiger partial charge in [-0.15, -0.1) is 11.3 Å². The molecular weight excluding hydrogens is 362 g/mol. The minimum atomic E-state index is -0.257. The minimum absolute atomic E-state index is 0.0123. The summed E-state index contributed by atoms with van der Waals surface area (Å²) in [6, 6.07) is 6.87. The standard InChI is InChI=1S/C20H17N3O3S/c24-18-12-5-1-2-6-13(12)19(25)23(18)10-4-9-22-11-21-17-16(20(22)26)14-7-3-8-15(14)27-17/h1-2,5-6,11H,3-4,7-10H2. The van der Waals surface area contributed by atoms with Gasteiger partial charge in [-0.2, -0.15) is 0 Å². The topological polar surface area (TPSA) is 72.3 Å². The van der Waals surface area contributed by atoms with E-state index in [0.29, 0.717) is 30.6 Å². The smallest absolute Gasteiger partial charge is 0.262 e. The summed E-state index contributed by atoms with van der Waals surface area (Å²) < 4.78 is 1.60. The molecule has 27 heavy (non-hydrogen) atoms. The zero-order chi connectivity index (χ0) is 18.5. The predicted molar refractivity (Wildman–Crippen MR) is 102 cm³/mol. The number of hydrogen-bond donors (Lipinski definition) is 0. The highest BCUT2D eigenvalue weighted by molar-refractivity contribution is 7.18. The number of imide groups is 1. The molecule has 2 amide bonds. The zero-order valence-corrected chi connectivity index (χ0v) is 15.4. The van der Waals surface area contributed by atoms with E-state index in [1.165, 1.54) is 15.3 Å². The summed E-state index contributed by atoms with van der Waals surface area (Å²) in [5.74, 6) is -0.514. The highest BCUT2D eigenvalue weighted by atomic mass is 32.1. The highest BCUT2D eigenvalue weighted by Crippen LogP contribution is 2.34. The Kier molecular flexibility index (Phi) is 3.72. The van der Waals surface area contributed by atoms with Gasteiger partial charge in [-0.3, -0.25) is 23.9 Å². The fraction of sp³-hybridized carbons (Fsp3) is 0.300. The number of aromatic nitrogens is 2. The normalized spacial score (nSPS) is 15.6. The van der Waals surface area contributed by atoms with Gasteiger partial charge < -0.3 is 0 Å². The number of carbonyl (C=O) groups is 2. The lowest BCUT2D eigenvalue weighted by molar-refractivity contribution is 0.0650. The van der Waals surface area contributed by atoms with E-state index in [1.807, 2.05) is 0 Å². The van der Waals surface area contributed by atoms with Crippen LogP contribution in [0.3, 0.4) is 0 Å². The van der Waals surface area contributed by atoms with Crippen LogP contribution in [0.2, 0.25) is 0 Å². The van der Waals surface area contributed by atoms with Crippen LogP contribution in [0.25, 0.3) is 10.2 Å². The minimum Gasteiger partial charge on any atom is -0.299 e. The van der Waals surface area contributed by atoms with Crippen molar-refractivity contribution in [3.63, 3.8) is 0 Å². The summed E-state index contributed by atoms with van der Waals surface area (Å²) in [6.45, 7) is 0.721. The van der Waals surface area contributed by atoms with Crippen molar-refractivity contribution in [2.24, 2.45) is 0 Å². The molecule has 136 valence electrons. The highest BCUT2D eigenvalue weighted by Gasteiger charge is 2.34. The largest absolute Gasteiger partial charge is 0.299 e. The van der Waals surface area contributed by atoms with Gasteiger partial charge in [-0.25, -0.2) is 4.98 Å².